The molecule has 0 bridgehead atoms. The van der Waals surface area contributed by atoms with Gasteiger partial charge in [-0.2, -0.15) is 5.10 Å². The smallest absolute Gasteiger partial charge is 0.246 e. The summed E-state index contributed by atoms with van der Waals surface area (Å²) in [6, 6.07) is 9.33. The zero-order valence-corrected chi connectivity index (χ0v) is 10.2. The van der Waals surface area contributed by atoms with Gasteiger partial charge in [-0.3, -0.25) is 9.48 Å². The van der Waals surface area contributed by atoms with Crippen LogP contribution in [-0.4, -0.2) is 15.6 Å². The second-order valence-corrected chi connectivity index (χ2v) is 4.22. The number of aryl methyl sites for hydroxylation is 2. The van der Waals surface area contributed by atoms with Gasteiger partial charge < -0.3 is 4.42 Å². The Morgan fingerprint density at radius 2 is 2.06 bits per heavy atom. The second kappa shape index (κ2) is 3.84. The first kappa shape index (κ1) is 10.8. The van der Waals surface area contributed by atoms with Crippen LogP contribution >= 0.6 is 0 Å². The van der Waals surface area contributed by atoms with Crippen molar-refractivity contribution in [2.75, 3.05) is 0 Å². The van der Waals surface area contributed by atoms with E-state index in [4.69, 9.17) is 4.42 Å². The maximum absolute atomic E-state index is 12.4. The number of benzene rings is 1. The van der Waals surface area contributed by atoms with Crippen LogP contribution in [0.15, 0.2) is 40.9 Å². The van der Waals surface area contributed by atoms with Crippen molar-refractivity contribution in [1.29, 1.82) is 0 Å². The van der Waals surface area contributed by atoms with Gasteiger partial charge in [0.05, 0.1) is 0 Å². The highest BCUT2D eigenvalue weighted by Gasteiger charge is 2.20. The topological polar surface area (TPSA) is 48.0 Å². The van der Waals surface area contributed by atoms with Crippen LogP contribution < -0.4 is 0 Å². The van der Waals surface area contributed by atoms with Gasteiger partial charge in [-0.1, -0.05) is 18.2 Å². The van der Waals surface area contributed by atoms with Crippen LogP contribution in [0.2, 0.25) is 0 Å². The Morgan fingerprint density at radius 1 is 1.28 bits per heavy atom. The third kappa shape index (κ3) is 1.46. The van der Waals surface area contributed by atoms with E-state index in [1.165, 1.54) is 0 Å². The molecule has 0 aliphatic heterocycles. The highest BCUT2D eigenvalue weighted by Crippen LogP contribution is 2.26. The first-order chi connectivity index (χ1) is 8.68. The van der Waals surface area contributed by atoms with Crippen LogP contribution in [-0.2, 0) is 7.05 Å². The minimum absolute atomic E-state index is 0.135. The lowest BCUT2D eigenvalue weighted by Crippen LogP contribution is -2.08. The molecular formula is C14H12N2O2. The van der Waals surface area contributed by atoms with Crippen molar-refractivity contribution in [3.05, 3.63) is 53.5 Å². The molecular weight excluding hydrogens is 228 g/mol. The molecule has 0 unspecified atom stereocenters. The Bertz CT molecular complexity index is 737. The van der Waals surface area contributed by atoms with E-state index >= 15 is 0 Å². The number of hydrogen-bond acceptors (Lipinski definition) is 3. The normalized spacial score (nSPS) is 11.0. The van der Waals surface area contributed by atoms with Crippen LogP contribution in [0.3, 0.4) is 0 Å². The van der Waals surface area contributed by atoms with Gasteiger partial charge >= 0.3 is 0 Å². The number of hydrogen-bond donors (Lipinski definition) is 0. The van der Waals surface area contributed by atoms with Gasteiger partial charge in [0.2, 0.25) is 5.78 Å². The zero-order valence-electron chi connectivity index (χ0n) is 10.2. The quantitative estimate of drug-likeness (QED) is 0.647. The van der Waals surface area contributed by atoms with Gasteiger partial charge in [-0.05, 0) is 19.1 Å². The third-order valence-corrected chi connectivity index (χ3v) is 3.10. The highest BCUT2D eigenvalue weighted by atomic mass is 16.3. The number of furan rings is 1. The summed E-state index contributed by atoms with van der Waals surface area (Å²) in [5, 5.41) is 4.98. The summed E-state index contributed by atoms with van der Waals surface area (Å²) in [5.74, 6) is 0.253. The monoisotopic (exact) mass is 240 g/mol. The highest BCUT2D eigenvalue weighted by molar-refractivity contribution is 6.09. The average molecular weight is 240 g/mol. The molecule has 2 aromatic heterocycles. The molecule has 3 aromatic rings. The van der Waals surface area contributed by atoms with Crippen molar-refractivity contribution in [2.45, 2.75) is 6.92 Å². The molecule has 18 heavy (non-hydrogen) atoms. The molecule has 90 valence electrons. The van der Waals surface area contributed by atoms with Crippen molar-refractivity contribution in [3.63, 3.8) is 0 Å². The van der Waals surface area contributed by atoms with E-state index in [9.17, 15) is 4.79 Å². The van der Waals surface area contributed by atoms with E-state index in [0.717, 1.165) is 16.5 Å². The molecule has 3 rings (SSSR count). The summed E-state index contributed by atoms with van der Waals surface area (Å²) >= 11 is 0. The van der Waals surface area contributed by atoms with Crippen LogP contribution in [0.1, 0.15) is 21.8 Å². The van der Waals surface area contributed by atoms with Crippen LogP contribution in [0.4, 0.5) is 0 Å². The number of carbonyl (C=O) groups excluding carboxylic acids is 1. The molecule has 2 heterocycles. The lowest BCUT2D eigenvalue weighted by molar-refractivity contribution is 0.100. The molecule has 0 saturated carbocycles. The number of fused-ring (bicyclic) bond motifs is 1. The van der Waals surface area contributed by atoms with Gasteiger partial charge in [0.25, 0.3) is 0 Å². The maximum atomic E-state index is 12.4. The predicted octanol–water partition coefficient (Wildman–Crippen LogP) is 2.71. The molecule has 0 N–H and O–H groups in total. The Balaban J connectivity index is 2.18. The molecule has 0 amide bonds. The van der Waals surface area contributed by atoms with Crippen molar-refractivity contribution in [1.82, 2.24) is 9.78 Å². The van der Waals surface area contributed by atoms with Crippen LogP contribution in [0.5, 0.6) is 0 Å². The van der Waals surface area contributed by atoms with Gasteiger partial charge in [0.15, 0.2) is 5.76 Å². The van der Waals surface area contributed by atoms with Crippen molar-refractivity contribution in [2.24, 2.45) is 7.05 Å². The molecule has 0 atom stereocenters. The third-order valence-electron chi connectivity index (χ3n) is 3.10. The molecule has 0 saturated heterocycles. The lowest BCUT2D eigenvalue weighted by atomic mass is 10.1. The van der Waals surface area contributed by atoms with E-state index in [0.29, 0.717) is 11.5 Å². The Kier molecular flexibility index (Phi) is 2.30. The SMILES string of the molecule is Cc1c(C(=O)c2ccnn2C)oc2ccccc12. The second-order valence-electron chi connectivity index (χ2n) is 4.22. The first-order valence-corrected chi connectivity index (χ1v) is 5.69. The summed E-state index contributed by atoms with van der Waals surface area (Å²) < 4.78 is 7.20. The van der Waals surface area contributed by atoms with Gasteiger partial charge in [0.1, 0.15) is 11.3 Å². The van der Waals surface area contributed by atoms with Gasteiger partial charge in [-0.15, -0.1) is 0 Å². The maximum Gasteiger partial charge on any atom is 0.246 e. The minimum atomic E-state index is -0.135. The Labute approximate surface area is 104 Å². The number of aromatic nitrogens is 2. The van der Waals surface area contributed by atoms with Crippen LogP contribution in [0.25, 0.3) is 11.0 Å². The summed E-state index contributed by atoms with van der Waals surface area (Å²) in [5.41, 5.74) is 2.13. The minimum Gasteiger partial charge on any atom is -0.452 e. The average Bonchev–Trinajstić information content (AvgIpc) is 2.94. The molecule has 0 spiro atoms. The number of para-hydroxylation sites is 1. The summed E-state index contributed by atoms with van der Waals surface area (Å²) in [7, 11) is 1.74. The number of rotatable bonds is 2. The lowest BCUT2D eigenvalue weighted by Gasteiger charge is -1.98. The van der Waals surface area contributed by atoms with E-state index in [-0.39, 0.29) is 5.78 Å². The van der Waals surface area contributed by atoms with Crippen molar-refractivity contribution < 1.29 is 9.21 Å². The van der Waals surface area contributed by atoms with Crippen molar-refractivity contribution >= 4 is 16.8 Å². The molecule has 0 aliphatic carbocycles. The predicted molar refractivity (Wildman–Crippen MR) is 67.6 cm³/mol. The Hall–Kier alpha value is -2.36. The molecule has 4 nitrogen and oxygen atoms in total. The number of carbonyl (C=O) groups is 1. The summed E-state index contributed by atoms with van der Waals surface area (Å²) in [6.07, 6.45) is 1.60. The van der Waals surface area contributed by atoms with Crippen molar-refractivity contribution in [3.8, 4) is 0 Å². The fourth-order valence-electron chi connectivity index (χ4n) is 2.10. The van der Waals surface area contributed by atoms with Gasteiger partial charge in [0, 0.05) is 24.2 Å². The van der Waals surface area contributed by atoms with E-state index < -0.39 is 0 Å². The molecule has 1 aromatic carbocycles. The number of nitrogens with zero attached hydrogens (tertiary/aromatic N) is 2. The van der Waals surface area contributed by atoms with E-state index in [2.05, 4.69) is 5.10 Å². The largest absolute Gasteiger partial charge is 0.452 e. The Morgan fingerprint density at radius 3 is 2.72 bits per heavy atom. The zero-order chi connectivity index (χ0) is 12.7. The number of ketones is 1. The molecule has 0 fully saturated rings. The van der Waals surface area contributed by atoms with E-state index in [1.54, 1.807) is 24.0 Å². The standard InChI is InChI=1S/C14H12N2O2/c1-9-10-5-3-4-6-12(10)18-14(9)13(17)11-7-8-15-16(11)2/h3-8H,1-2H3. The van der Waals surface area contributed by atoms with Gasteiger partial charge in [-0.25, -0.2) is 0 Å². The molecule has 4 heteroatoms. The summed E-state index contributed by atoms with van der Waals surface area (Å²) in [6.45, 7) is 1.90. The molecule has 0 radical (unpaired) electrons. The van der Waals surface area contributed by atoms with E-state index in [1.807, 2.05) is 31.2 Å². The fraction of sp³-hybridized carbons (Fsp3) is 0.143. The van der Waals surface area contributed by atoms with Crippen LogP contribution in [0, 0.1) is 6.92 Å². The first-order valence-electron chi connectivity index (χ1n) is 5.69. The summed E-state index contributed by atoms with van der Waals surface area (Å²) in [4.78, 5) is 12.4. The fourth-order valence-corrected chi connectivity index (χ4v) is 2.10. The molecule has 0 aliphatic rings.